The van der Waals surface area contributed by atoms with Gasteiger partial charge in [-0.3, -0.25) is 0 Å². The van der Waals surface area contributed by atoms with Gasteiger partial charge in [-0.2, -0.15) is 0 Å². The Balaban J connectivity index is 2.07. The van der Waals surface area contributed by atoms with E-state index in [2.05, 4.69) is 0 Å². The predicted molar refractivity (Wildman–Crippen MR) is 69.4 cm³/mol. The van der Waals surface area contributed by atoms with Crippen LogP contribution in [0.3, 0.4) is 0 Å². The highest BCUT2D eigenvalue weighted by molar-refractivity contribution is 7.70. The van der Waals surface area contributed by atoms with E-state index in [0.717, 1.165) is 0 Å². The summed E-state index contributed by atoms with van der Waals surface area (Å²) >= 11 is 0. The third kappa shape index (κ3) is 3.68. The Morgan fingerprint density at radius 3 is 1.89 bits per heavy atom. The van der Waals surface area contributed by atoms with Crippen molar-refractivity contribution in [2.75, 3.05) is 0 Å². The maximum atomic E-state index is 11.7. The van der Waals surface area contributed by atoms with Gasteiger partial charge < -0.3 is 14.2 Å². The Hall–Kier alpha value is -2.10. The van der Waals surface area contributed by atoms with E-state index in [1.54, 1.807) is 36.4 Å². The lowest BCUT2D eigenvalue weighted by Gasteiger charge is -2.11. The monoisotopic (exact) mass is 278 g/mol. The Bertz CT molecular complexity index is 597. The van der Waals surface area contributed by atoms with Crippen LogP contribution in [0.1, 0.15) is 0 Å². The molecule has 0 bridgehead atoms. The molecule has 5 nitrogen and oxygen atoms in total. The van der Waals surface area contributed by atoms with Crippen LogP contribution in [0, 0.1) is 0 Å². The summed E-state index contributed by atoms with van der Waals surface area (Å²) in [5, 5.41) is 0. The van der Waals surface area contributed by atoms with Gasteiger partial charge in [0.05, 0.1) is 0 Å². The van der Waals surface area contributed by atoms with Gasteiger partial charge in [0, 0.05) is 0 Å². The molecule has 0 aliphatic heterocycles. The standard InChI is InChI=1S/C13H11O5P/c14-13(17-11-7-3-1-4-8-11)19(15,16)18-12-9-5-2-6-10-12/h1-10H,(H,15,16). The molecule has 0 saturated heterocycles. The Kier molecular flexibility index (Phi) is 4.00. The molecule has 0 saturated carbocycles. The smallest absolute Gasteiger partial charge is 0.417 e. The molecule has 19 heavy (non-hydrogen) atoms. The summed E-state index contributed by atoms with van der Waals surface area (Å²) in [6.45, 7) is 0. The van der Waals surface area contributed by atoms with Gasteiger partial charge >= 0.3 is 13.3 Å². The van der Waals surface area contributed by atoms with Gasteiger partial charge in [-0.15, -0.1) is 0 Å². The summed E-state index contributed by atoms with van der Waals surface area (Å²) in [5.41, 5.74) is -1.32. The summed E-state index contributed by atoms with van der Waals surface area (Å²) < 4.78 is 21.3. The molecule has 1 N–H and O–H groups in total. The molecule has 0 aliphatic rings. The van der Waals surface area contributed by atoms with E-state index in [1.807, 2.05) is 0 Å². The van der Waals surface area contributed by atoms with Crippen LogP contribution in [0.4, 0.5) is 4.79 Å². The fraction of sp³-hybridized carbons (Fsp3) is 0. The number of para-hydroxylation sites is 2. The van der Waals surface area contributed by atoms with Gasteiger partial charge in [-0.05, 0) is 24.3 Å². The first-order valence-corrected chi connectivity index (χ1v) is 7.00. The van der Waals surface area contributed by atoms with Gasteiger partial charge in [-0.1, -0.05) is 36.4 Å². The molecule has 0 amide bonds. The largest absolute Gasteiger partial charge is 0.485 e. The normalized spacial score (nSPS) is 13.3. The van der Waals surface area contributed by atoms with Crippen molar-refractivity contribution in [3.05, 3.63) is 60.7 Å². The fourth-order valence-electron chi connectivity index (χ4n) is 1.31. The van der Waals surface area contributed by atoms with Crippen LogP contribution in [0.5, 0.6) is 11.5 Å². The van der Waals surface area contributed by atoms with Crippen molar-refractivity contribution < 1.29 is 23.5 Å². The minimum Gasteiger partial charge on any atom is -0.417 e. The lowest BCUT2D eigenvalue weighted by molar-refractivity contribution is 0.214. The second kappa shape index (κ2) is 5.69. The van der Waals surface area contributed by atoms with Gasteiger partial charge in [-0.25, -0.2) is 9.36 Å². The zero-order valence-corrected chi connectivity index (χ0v) is 10.7. The molecule has 0 fully saturated rings. The second-order valence-electron chi connectivity index (χ2n) is 3.61. The lowest BCUT2D eigenvalue weighted by Crippen LogP contribution is -2.10. The van der Waals surface area contributed by atoms with Crippen molar-refractivity contribution in [2.24, 2.45) is 0 Å². The number of carbonyl (C=O) groups excluding carboxylic acids is 1. The molecule has 2 aromatic carbocycles. The van der Waals surface area contributed by atoms with E-state index in [4.69, 9.17) is 9.26 Å². The summed E-state index contributed by atoms with van der Waals surface area (Å²) in [5.74, 6) is 0.303. The molecule has 1 unspecified atom stereocenters. The topological polar surface area (TPSA) is 72.8 Å². The minimum atomic E-state index is -4.53. The summed E-state index contributed by atoms with van der Waals surface area (Å²) in [7, 11) is -4.53. The molecule has 0 aliphatic carbocycles. The minimum absolute atomic E-state index is 0.123. The first-order chi connectivity index (χ1) is 9.08. The van der Waals surface area contributed by atoms with Crippen molar-refractivity contribution in [3.63, 3.8) is 0 Å². The number of carbonyl (C=O) groups is 1. The number of rotatable bonds is 4. The van der Waals surface area contributed by atoms with Crippen LogP contribution in [-0.2, 0) is 4.57 Å². The van der Waals surface area contributed by atoms with Crippen LogP contribution < -0.4 is 9.26 Å². The van der Waals surface area contributed by atoms with Crippen LogP contribution in [0.25, 0.3) is 0 Å². The van der Waals surface area contributed by atoms with E-state index < -0.39 is 13.3 Å². The molecule has 0 heterocycles. The van der Waals surface area contributed by atoms with Crippen molar-refractivity contribution in [2.45, 2.75) is 0 Å². The molecule has 98 valence electrons. The van der Waals surface area contributed by atoms with Crippen LogP contribution in [0.15, 0.2) is 60.7 Å². The molecular formula is C13H11O5P. The van der Waals surface area contributed by atoms with E-state index in [-0.39, 0.29) is 11.5 Å². The van der Waals surface area contributed by atoms with Crippen molar-refractivity contribution >= 4 is 13.3 Å². The highest BCUT2D eigenvalue weighted by Gasteiger charge is 2.35. The SMILES string of the molecule is O=C(Oc1ccccc1)P(=O)(O)Oc1ccccc1. The average Bonchev–Trinajstić information content (AvgIpc) is 2.40. The first-order valence-electron chi connectivity index (χ1n) is 5.43. The van der Waals surface area contributed by atoms with Crippen molar-refractivity contribution in [1.29, 1.82) is 0 Å². The second-order valence-corrected chi connectivity index (χ2v) is 5.19. The molecule has 2 rings (SSSR count). The zero-order chi connectivity index (χ0) is 13.7. The van der Waals surface area contributed by atoms with Crippen LogP contribution >= 0.6 is 7.60 Å². The Morgan fingerprint density at radius 1 is 0.895 bits per heavy atom. The van der Waals surface area contributed by atoms with Gasteiger partial charge in [0.1, 0.15) is 11.5 Å². The highest BCUT2D eigenvalue weighted by atomic mass is 31.2. The molecule has 0 aromatic heterocycles. The Labute approximate surface area is 109 Å². The fourth-order valence-corrected chi connectivity index (χ4v) is 2.01. The van der Waals surface area contributed by atoms with Gasteiger partial charge in [0.25, 0.3) is 0 Å². The third-order valence-electron chi connectivity index (χ3n) is 2.15. The summed E-state index contributed by atoms with van der Waals surface area (Å²) in [6, 6.07) is 15.9. The maximum Gasteiger partial charge on any atom is 0.485 e. The van der Waals surface area contributed by atoms with Crippen molar-refractivity contribution in [3.8, 4) is 11.5 Å². The average molecular weight is 278 g/mol. The van der Waals surface area contributed by atoms with Crippen molar-refractivity contribution in [1.82, 2.24) is 0 Å². The van der Waals surface area contributed by atoms with E-state index >= 15 is 0 Å². The van der Waals surface area contributed by atoms with Gasteiger partial charge in [0.15, 0.2) is 0 Å². The molecular weight excluding hydrogens is 267 g/mol. The predicted octanol–water partition coefficient (Wildman–Crippen LogP) is 3.45. The van der Waals surface area contributed by atoms with E-state index in [9.17, 15) is 14.3 Å². The zero-order valence-electron chi connectivity index (χ0n) is 9.80. The Morgan fingerprint density at radius 2 is 1.37 bits per heavy atom. The van der Waals surface area contributed by atoms with Gasteiger partial charge in [0.2, 0.25) is 0 Å². The van der Waals surface area contributed by atoms with Crippen LogP contribution in [-0.4, -0.2) is 10.6 Å². The van der Waals surface area contributed by atoms with E-state index in [0.29, 0.717) is 0 Å². The highest BCUT2D eigenvalue weighted by Crippen LogP contribution is 2.44. The quantitative estimate of drug-likeness (QED) is 0.867. The molecule has 1 atom stereocenters. The van der Waals surface area contributed by atoms with E-state index in [1.165, 1.54) is 24.3 Å². The number of benzene rings is 2. The third-order valence-corrected chi connectivity index (χ3v) is 3.16. The molecule has 0 radical (unpaired) electrons. The number of hydrogen-bond acceptors (Lipinski definition) is 4. The maximum absolute atomic E-state index is 11.7. The van der Waals surface area contributed by atoms with Crippen LogP contribution in [0.2, 0.25) is 0 Å². The molecule has 6 heteroatoms. The first kappa shape index (κ1) is 13.3. The molecule has 2 aromatic rings. The lowest BCUT2D eigenvalue weighted by atomic mass is 10.3. The summed E-state index contributed by atoms with van der Waals surface area (Å²) in [6.07, 6.45) is 0. The summed E-state index contributed by atoms with van der Waals surface area (Å²) in [4.78, 5) is 21.1. The number of ether oxygens (including phenoxy) is 1. The number of hydrogen-bond donors (Lipinski definition) is 1. The molecule has 0 spiro atoms.